The van der Waals surface area contributed by atoms with Crippen LogP contribution in [0.15, 0.2) is 0 Å². The van der Waals surface area contributed by atoms with Crippen LogP contribution in [0.1, 0.15) is 33.6 Å². The Hall–Kier alpha value is -0.770. The van der Waals surface area contributed by atoms with Gasteiger partial charge in [0.1, 0.15) is 5.60 Å². The molecule has 0 aromatic heterocycles. The van der Waals surface area contributed by atoms with Crippen molar-refractivity contribution in [2.24, 2.45) is 17.8 Å². The highest BCUT2D eigenvalue weighted by Crippen LogP contribution is 2.45. The van der Waals surface area contributed by atoms with Crippen LogP contribution in [-0.2, 0) is 4.74 Å². The molecule has 1 aliphatic carbocycles. The van der Waals surface area contributed by atoms with Crippen LogP contribution in [0.3, 0.4) is 0 Å². The second-order valence-electron chi connectivity index (χ2n) is 7.02. The van der Waals surface area contributed by atoms with E-state index in [1.807, 2.05) is 25.7 Å². The Kier molecular flexibility index (Phi) is 2.81. The Morgan fingerprint density at radius 1 is 1.22 bits per heavy atom. The molecule has 1 N–H and O–H groups in total. The lowest BCUT2D eigenvalue weighted by Gasteiger charge is -2.51. The van der Waals surface area contributed by atoms with E-state index in [9.17, 15) is 4.79 Å². The number of piperidine rings is 2. The molecule has 4 atom stereocenters. The van der Waals surface area contributed by atoms with Crippen LogP contribution in [0.25, 0.3) is 0 Å². The topological polar surface area (TPSA) is 41.6 Å². The van der Waals surface area contributed by atoms with Gasteiger partial charge >= 0.3 is 6.09 Å². The number of amides is 1. The molecule has 102 valence electrons. The predicted octanol–water partition coefficient (Wildman–Crippen LogP) is 1.85. The molecule has 4 fully saturated rings. The van der Waals surface area contributed by atoms with Crippen molar-refractivity contribution in [1.29, 1.82) is 0 Å². The summed E-state index contributed by atoms with van der Waals surface area (Å²) in [7, 11) is 0. The fraction of sp³-hybridized carbons (Fsp3) is 0.929. The van der Waals surface area contributed by atoms with Gasteiger partial charge in [0.2, 0.25) is 0 Å². The second kappa shape index (κ2) is 4.12. The van der Waals surface area contributed by atoms with Crippen molar-refractivity contribution >= 4 is 6.09 Å². The zero-order chi connectivity index (χ0) is 12.9. The molecule has 3 aliphatic heterocycles. The number of hydrogen-bond acceptors (Lipinski definition) is 3. The standard InChI is InChI=1S/C14H24N2O2/c1-14(2,3)18-13(17)16-8-9-4-5-12(16)11-7-15-6-10(9)11/h9-12,15H,4-8H2,1-3H3/t9-,10-,11+,12+/m1/s1. The molecular formula is C14H24N2O2. The molecule has 1 amide bonds. The van der Waals surface area contributed by atoms with Gasteiger partial charge in [0.15, 0.2) is 0 Å². The Morgan fingerprint density at radius 2 is 1.94 bits per heavy atom. The maximum Gasteiger partial charge on any atom is 0.410 e. The van der Waals surface area contributed by atoms with Crippen LogP contribution in [0.4, 0.5) is 4.79 Å². The molecule has 4 heteroatoms. The summed E-state index contributed by atoms with van der Waals surface area (Å²) in [5.41, 5.74) is -0.388. The maximum atomic E-state index is 12.3. The summed E-state index contributed by atoms with van der Waals surface area (Å²) in [6.45, 7) is 8.94. The summed E-state index contributed by atoms with van der Waals surface area (Å²) >= 11 is 0. The lowest BCUT2D eigenvalue weighted by Crippen LogP contribution is -2.59. The van der Waals surface area contributed by atoms with Gasteiger partial charge in [-0.25, -0.2) is 4.79 Å². The van der Waals surface area contributed by atoms with Crippen LogP contribution in [0, 0.1) is 17.8 Å². The third kappa shape index (κ3) is 2.00. The molecule has 0 aromatic rings. The molecule has 0 radical (unpaired) electrons. The van der Waals surface area contributed by atoms with Gasteiger partial charge in [-0.15, -0.1) is 0 Å². The highest BCUT2D eigenvalue weighted by atomic mass is 16.6. The first-order valence-electron chi connectivity index (χ1n) is 7.16. The van der Waals surface area contributed by atoms with Crippen molar-refractivity contribution in [3.63, 3.8) is 0 Å². The number of hydrogen-bond donors (Lipinski definition) is 1. The van der Waals surface area contributed by atoms with Crippen LogP contribution < -0.4 is 5.32 Å². The van der Waals surface area contributed by atoms with Gasteiger partial charge in [0, 0.05) is 19.1 Å². The number of ether oxygens (including phenoxy) is 1. The molecule has 0 aromatic carbocycles. The molecule has 0 spiro atoms. The van der Waals surface area contributed by atoms with Gasteiger partial charge in [-0.3, -0.25) is 0 Å². The Balaban J connectivity index is 1.73. The van der Waals surface area contributed by atoms with Crippen molar-refractivity contribution in [2.75, 3.05) is 19.6 Å². The molecule has 1 saturated carbocycles. The second-order valence-corrected chi connectivity index (χ2v) is 7.02. The minimum absolute atomic E-state index is 0.109. The molecular weight excluding hydrogens is 228 g/mol. The summed E-state index contributed by atoms with van der Waals surface area (Å²) in [6.07, 6.45) is 2.34. The van der Waals surface area contributed by atoms with Crippen molar-refractivity contribution < 1.29 is 9.53 Å². The zero-order valence-corrected chi connectivity index (χ0v) is 11.6. The third-order valence-corrected chi connectivity index (χ3v) is 4.70. The van der Waals surface area contributed by atoms with Gasteiger partial charge in [-0.05, 0) is 57.9 Å². The first kappa shape index (κ1) is 12.3. The van der Waals surface area contributed by atoms with Crippen LogP contribution in [-0.4, -0.2) is 42.3 Å². The Morgan fingerprint density at radius 3 is 2.67 bits per heavy atom. The highest BCUT2D eigenvalue weighted by molar-refractivity contribution is 5.69. The monoisotopic (exact) mass is 252 g/mol. The van der Waals surface area contributed by atoms with Crippen molar-refractivity contribution in [2.45, 2.75) is 45.3 Å². The fourth-order valence-corrected chi connectivity index (χ4v) is 4.00. The molecule has 3 heterocycles. The van der Waals surface area contributed by atoms with E-state index in [0.29, 0.717) is 17.9 Å². The lowest BCUT2D eigenvalue weighted by atomic mass is 9.67. The van der Waals surface area contributed by atoms with E-state index in [-0.39, 0.29) is 11.7 Å². The van der Waals surface area contributed by atoms with Gasteiger partial charge < -0.3 is 15.0 Å². The van der Waals surface area contributed by atoms with E-state index in [4.69, 9.17) is 4.74 Å². The summed E-state index contributed by atoms with van der Waals surface area (Å²) in [5, 5.41) is 3.49. The quantitative estimate of drug-likeness (QED) is 0.715. The summed E-state index contributed by atoms with van der Waals surface area (Å²) < 4.78 is 5.54. The number of carbonyl (C=O) groups is 1. The van der Waals surface area contributed by atoms with E-state index in [1.54, 1.807) is 0 Å². The minimum Gasteiger partial charge on any atom is -0.444 e. The average molecular weight is 252 g/mol. The van der Waals surface area contributed by atoms with E-state index in [1.165, 1.54) is 6.42 Å². The first-order valence-corrected chi connectivity index (χ1v) is 7.16. The third-order valence-electron chi connectivity index (χ3n) is 4.70. The summed E-state index contributed by atoms with van der Waals surface area (Å²) in [4.78, 5) is 14.3. The van der Waals surface area contributed by atoms with Crippen molar-refractivity contribution in [3.05, 3.63) is 0 Å². The van der Waals surface area contributed by atoms with E-state index < -0.39 is 0 Å². The molecule has 2 bridgehead atoms. The highest BCUT2D eigenvalue weighted by Gasteiger charge is 2.51. The van der Waals surface area contributed by atoms with Gasteiger partial charge in [-0.1, -0.05) is 0 Å². The number of nitrogens with one attached hydrogen (secondary N) is 1. The number of fused-ring (bicyclic) bond motifs is 2. The molecule has 4 nitrogen and oxygen atoms in total. The average Bonchev–Trinajstić information content (AvgIpc) is 2.77. The normalized spacial score (nSPS) is 38.7. The van der Waals surface area contributed by atoms with Gasteiger partial charge in [0.05, 0.1) is 0 Å². The smallest absolute Gasteiger partial charge is 0.410 e. The zero-order valence-electron chi connectivity index (χ0n) is 11.6. The molecule has 4 rings (SSSR count). The van der Waals surface area contributed by atoms with E-state index >= 15 is 0 Å². The summed E-state index contributed by atoms with van der Waals surface area (Å²) in [5.74, 6) is 2.13. The predicted molar refractivity (Wildman–Crippen MR) is 69.3 cm³/mol. The lowest BCUT2D eigenvalue weighted by molar-refractivity contribution is -0.0455. The van der Waals surface area contributed by atoms with Crippen molar-refractivity contribution in [1.82, 2.24) is 10.2 Å². The van der Waals surface area contributed by atoms with Crippen LogP contribution in [0.2, 0.25) is 0 Å². The number of nitrogens with zero attached hydrogens (tertiary/aromatic N) is 1. The molecule has 3 saturated heterocycles. The van der Waals surface area contributed by atoms with Crippen LogP contribution in [0.5, 0.6) is 0 Å². The Labute approximate surface area is 109 Å². The fourth-order valence-electron chi connectivity index (χ4n) is 4.00. The first-order chi connectivity index (χ1) is 8.46. The number of rotatable bonds is 0. The van der Waals surface area contributed by atoms with Gasteiger partial charge in [-0.2, -0.15) is 0 Å². The molecule has 0 unspecified atom stereocenters. The maximum absolute atomic E-state index is 12.3. The van der Waals surface area contributed by atoms with Gasteiger partial charge in [0.25, 0.3) is 0 Å². The summed E-state index contributed by atoms with van der Waals surface area (Å²) in [6, 6.07) is 0.407. The minimum atomic E-state index is -0.388. The van der Waals surface area contributed by atoms with E-state index in [2.05, 4.69) is 5.32 Å². The molecule has 18 heavy (non-hydrogen) atoms. The van der Waals surface area contributed by atoms with E-state index in [0.717, 1.165) is 32.0 Å². The Bertz CT molecular complexity index is 350. The van der Waals surface area contributed by atoms with Crippen LogP contribution >= 0.6 is 0 Å². The SMILES string of the molecule is CC(C)(C)OC(=O)N1C[C@H]2CC[C@H]1[C@H]1CNC[C@H]21. The number of carbonyl (C=O) groups excluding carboxylic acids is 1. The molecule has 4 aliphatic rings. The largest absolute Gasteiger partial charge is 0.444 e. The van der Waals surface area contributed by atoms with Crippen molar-refractivity contribution in [3.8, 4) is 0 Å².